The van der Waals surface area contributed by atoms with Crippen LogP contribution in [0.4, 0.5) is 0 Å². The quantitative estimate of drug-likeness (QED) is 0.636. The van der Waals surface area contributed by atoms with Gasteiger partial charge in [0.2, 0.25) is 0 Å². The highest BCUT2D eigenvalue weighted by Gasteiger charge is 2.19. The first kappa shape index (κ1) is 12.0. The summed E-state index contributed by atoms with van der Waals surface area (Å²) in [7, 11) is 2.09. The number of ether oxygens (including phenoxy) is 1. The average Bonchev–Trinajstić information content (AvgIpc) is 2.69. The Bertz CT molecular complexity index is 132. The van der Waals surface area contributed by atoms with Crippen molar-refractivity contribution in [2.75, 3.05) is 20.3 Å². The zero-order valence-electron chi connectivity index (χ0n) is 9.72. The molecule has 0 aliphatic carbocycles. The summed E-state index contributed by atoms with van der Waals surface area (Å²) in [5, 5.41) is 3.43. The van der Waals surface area contributed by atoms with E-state index in [1.54, 1.807) is 0 Å². The number of hydrogen-bond donors (Lipinski definition) is 1. The maximum absolute atomic E-state index is 5.40. The highest BCUT2D eigenvalue weighted by Crippen LogP contribution is 2.20. The summed E-state index contributed by atoms with van der Waals surface area (Å²) in [6.07, 6.45) is 7.98. The molecule has 84 valence electrons. The van der Waals surface area contributed by atoms with Crippen LogP contribution in [0.15, 0.2) is 0 Å². The second kappa shape index (κ2) is 7.24. The average molecular weight is 199 g/mol. The van der Waals surface area contributed by atoms with Gasteiger partial charge >= 0.3 is 0 Å². The third-order valence-corrected chi connectivity index (χ3v) is 3.21. The molecule has 0 spiro atoms. The molecule has 14 heavy (non-hydrogen) atoms. The van der Waals surface area contributed by atoms with E-state index >= 15 is 0 Å². The summed E-state index contributed by atoms with van der Waals surface area (Å²) in [5.41, 5.74) is 0. The molecule has 2 nitrogen and oxygen atoms in total. The third-order valence-electron chi connectivity index (χ3n) is 3.21. The van der Waals surface area contributed by atoms with Crippen molar-refractivity contribution in [3.05, 3.63) is 0 Å². The van der Waals surface area contributed by atoms with Crippen molar-refractivity contribution in [1.29, 1.82) is 0 Å². The summed E-state index contributed by atoms with van der Waals surface area (Å²) in [6, 6.07) is 0.716. The Morgan fingerprint density at radius 3 is 2.86 bits per heavy atom. The molecule has 1 N–H and O–H groups in total. The molecule has 2 atom stereocenters. The molecular weight excluding hydrogens is 174 g/mol. The summed E-state index contributed by atoms with van der Waals surface area (Å²) in [5.74, 6) is 0.814. The topological polar surface area (TPSA) is 21.3 Å². The van der Waals surface area contributed by atoms with Crippen LogP contribution in [-0.2, 0) is 4.74 Å². The molecule has 0 aromatic rings. The Morgan fingerprint density at radius 1 is 1.43 bits per heavy atom. The van der Waals surface area contributed by atoms with E-state index in [0.717, 1.165) is 19.1 Å². The third kappa shape index (κ3) is 4.43. The van der Waals surface area contributed by atoms with Crippen LogP contribution in [-0.4, -0.2) is 26.3 Å². The summed E-state index contributed by atoms with van der Waals surface area (Å²) >= 11 is 0. The van der Waals surface area contributed by atoms with Crippen LogP contribution >= 0.6 is 0 Å². The van der Waals surface area contributed by atoms with Crippen LogP contribution < -0.4 is 5.32 Å². The maximum atomic E-state index is 5.40. The molecule has 1 fully saturated rings. The van der Waals surface area contributed by atoms with Gasteiger partial charge in [-0.05, 0) is 32.2 Å². The minimum absolute atomic E-state index is 0.716. The minimum Gasteiger partial charge on any atom is -0.381 e. The molecule has 1 aliphatic rings. The Hall–Kier alpha value is -0.0800. The zero-order valence-corrected chi connectivity index (χ0v) is 9.72. The Morgan fingerprint density at radius 2 is 2.29 bits per heavy atom. The predicted molar refractivity (Wildman–Crippen MR) is 60.5 cm³/mol. The van der Waals surface area contributed by atoms with E-state index < -0.39 is 0 Å². The molecule has 0 bridgehead atoms. The van der Waals surface area contributed by atoms with Crippen molar-refractivity contribution in [2.45, 2.75) is 51.5 Å². The van der Waals surface area contributed by atoms with Gasteiger partial charge in [-0.2, -0.15) is 0 Å². The molecule has 2 heteroatoms. The van der Waals surface area contributed by atoms with Crippen LogP contribution in [0, 0.1) is 5.92 Å². The molecule has 1 saturated heterocycles. The second-order valence-corrected chi connectivity index (χ2v) is 4.45. The summed E-state index contributed by atoms with van der Waals surface area (Å²) in [6.45, 7) is 4.24. The van der Waals surface area contributed by atoms with Gasteiger partial charge in [0.05, 0.1) is 0 Å². The van der Waals surface area contributed by atoms with Gasteiger partial charge in [-0.15, -0.1) is 0 Å². The van der Waals surface area contributed by atoms with Gasteiger partial charge in [-0.1, -0.05) is 26.2 Å². The number of unbranched alkanes of at least 4 members (excludes halogenated alkanes) is 2. The molecular formula is C12H25NO. The molecule has 0 amide bonds. The molecule has 0 aromatic carbocycles. The molecule has 0 radical (unpaired) electrons. The van der Waals surface area contributed by atoms with Crippen molar-refractivity contribution in [3.63, 3.8) is 0 Å². The monoisotopic (exact) mass is 199 g/mol. The van der Waals surface area contributed by atoms with Crippen molar-refractivity contribution in [1.82, 2.24) is 5.32 Å². The lowest BCUT2D eigenvalue weighted by Gasteiger charge is -2.19. The largest absolute Gasteiger partial charge is 0.381 e. The van der Waals surface area contributed by atoms with Crippen molar-refractivity contribution in [2.24, 2.45) is 5.92 Å². The first-order valence-corrected chi connectivity index (χ1v) is 6.11. The van der Waals surface area contributed by atoms with Crippen LogP contribution in [0.5, 0.6) is 0 Å². The number of nitrogens with one attached hydrogen (secondary N) is 1. The Balaban J connectivity index is 2.10. The lowest BCUT2D eigenvalue weighted by atomic mass is 9.95. The van der Waals surface area contributed by atoms with Crippen LogP contribution in [0.3, 0.4) is 0 Å². The summed E-state index contributed by atoms with van der Waals surface area (Å²) < 4.78 is 5.40. The van der Waals surface area contributed by atoms with E-state index in [1.807, 2.05) is 0 Å². The van der Waals surface area contributed by atoms with Gasteiger partial charge in [0, 0.05) is 19.3 Å². The number of hydrogen-bond acceptors (Lipinski definition) is 2. The van der Waals surface area contributed by atoms with Crippen molar-refractivity contribution < 1.29 is 4.74 Å². The van der Waals surface area contributed by atoms with E-state index in [2.05, 4.69) is 19.3 Å². The Kier molecular flexibility index (Phi) is 6.20. The molecule has 1 aliphatic heterocycles. The molecule has 1 rings (SSSR count). The highest BCUT2D eigenvalue weighted by atomic mass is 16.5. The van der Waals surface area contributed by atoms with E-state index in [-0.39, 0.29) is 0 Å². The maximum Gasteiger partial charge on any atom is 0.0495 e. The zero-order chi connectivity index (χ0) is 10.2. The first-order chi connectivity index (χ1) is 6.86. The number of rotatable bonds is 7. The van der Waals surface area contributed by atoms with Crippen LogP contribution in [0.1, 0.15) is 45.4 Å². The van der Waals surface area contributed by atoms with Crippen LogP contribution in [0.2, 0.25) is 0 Å². The normalized spacial score (nSPS) is 24.0. The fourth-order valence-electron chi connectivity index (χ4n) is 2.19. The van der Waals surface area contributed by atoms with Crippen LogP contribution in [0.25, 0.3) is 0 Å². The fourth-order valence-corrected chi connectivity index (χ4v) is 2.19. The smallest absolute Gasteiger partial charge is 0.0495 e. The first-order valence-electron chi connectivity index (χ1n) is 6.11. The van der Waals surface area contributed by atoms with E-state index in [9.17, 15) is 0 Å². The van der Waals surface area contributed by atoms with Crippen molar-refractivity contribution in [3.8, 4) is 0 Å². The SMILES string of the molecule is CCCCCC(CC1CCOC1)NC. The van der Waals surface area contributed by atoms with Gasteiger partial charge < -0.3 is 10.1 Å². The second-order valence-electron chi connectivity index (χ2n) is 4.45. The highest BCUT2D eigenvalue weighted by molar-refractivity contribution is 4.73. The lowest BCUT2D eigenvalue weighted by molar-refractivity contribution is 0.181. The molecule has 1 heterocycles. The van der Waals surface area contributed by atoms with E-state index in [0.29, 0.717) is 6.04 Å². The van der Waals surface area contributed by atoms with Crippen molar-refractivity contribution >= 4 is 0 Å². The lowest BCUT2D eigenvalue weighted by Crippen LogP contribution is -2.28. The molecule has 0 saturated carbocycles. The van der Waals surface area contributed by atoms with Gasteiger partial charge in [0.15, 0.2) is 0 Å². The van der Waals surface area contributed by atoms with E-state index in [4.69, 9.17) is 4.74 Å². The summed E-state index contributed by atoms with van der Waals surface area (Å²) in [4.78, 5) is 0. The van der Waals surface area contributed by atoms with Gasteiger partial charge in [-0.25, -0.2) is 0 Å². The van der Waals surface area contributed by atoms with Gasteiger partial charge in [0.25, 0.3) is 0 Å². The van der Waals surface area contributed by atoms with Gasteiger partial charge in [-0.3, -0.25) is 0 Å². The van der Waals surface area contributed by atoms with Gasteiger partial charge in [0.1, 0.15) is 0 Å². The molecule has 0 aromatic heterocycles. The molecule has 2 unspecified atom stereocenters. The van der Waals surface area contributed by atoms with E-state index in [1.165, 1.54) is 38.5 Å². The standard InChI is InChI=1S/C12H25NO/c1-3-4-5-6-12(13-2)9-11-7-8-14-10-11/h11-13H,3-10H2,1-2H3. The Labute approximate surface area is 88.4 Å². The fraction of sp³-hybridized carbons (Fsp3) is 1.00. The predicted octanol–water partition coefficient (Wildman–Crippen LogP) is 2.58. The minimum atomic E-state index is 0.716.